The average Bonchev–Trinajstić information content (AvgIpc) is 2.50. The number of carbonyl (C=O) groups is 2. The fraction of sp³-hybridized carbons (Fsp3) is 0.500. The van der Waals surface area contributed by atoms with Gasteiger partial charge < -0.3 is 15.4 Å². The molecule has 0 aromatic heterocycles. The van der Waals surface area contributed by atoms with E-state index in [-0.39, 0.29) is 24.5 Å². The Morgan fingerprint density at radius 1 is 1.10 bits per heavy atom. The molecule has 0 bridgehead atoms. The Bertz CT molecular complexity index is 443. The number of rotatable bonds is 10. The van der Waals surface area contributed by atoms with Crippen molar-refractivity contribution in [3.63, 3.8) is 0 Å². The maximum Gasteiger partial charge on any atom is 0.220 e. The summed E-state index contributed by atoms with van der Waals surface area (Å²) in [7, 11) is 1.87. The topological polar surface area (TPSA) is 67.4 Å². The van der Waals surface area contributed by atoms with Gasteiger partial charge in [-0.2, -0.15) is 0 Å². The van der Waals surface area contributed by atoms with Gasteiger partial charge in [0.15, 0.2) is 5.78 Å². The van der Waals surface area contributed by atoms with Crippen LogP contribution in [0.2, 0.25) is 0 Å². The minimum atomic E-state index is -0.0783. The van der Waals surface area contributed by atoms with Gasteiger partial charge in [0.1, 0.15) is 5.75 Å². The van der Waals surface area contributed by atoms with Crippen LogP contribution in [0.25, 0.3) is 0 Å². The van der Waals surface area contributed by atoms with Gasteiger partial charge in [0.25, 0.3) is 0 Å². The van der Waals surface area contributed by atoms with Gasteiger partial charge in [0.05, 0.1) is 6.61 Å². The van der Waals surface area contributed by atoms with Crippen LogP contribution in [0.4, 0.5) is 0 Å². The van der Waals surface area contributed by atoms with Gasteiger partial charge in [-0.1, -0.05) is 0 Å². The van der Waals surface area contributed by atoms with Crippen LogP contribution in [0.1, 0.15) is 36.5 Å². The number of ether oxygens (including phenoxy) is 1. The van der Waals surface area contributed by atoms with E-state index in [0.717, 1.165) is 18.7 Å². The molecule has 0 saturated carbocycles. The Morgan fingerprint density at radius 3 is 2.43 bits per heavy atom. The van der Waals surface area contributed by atoms with Crippen LogP contribution in [0.3, 0.4) is 0 Å². The van der Waals surface area contributed by atoms with Gasteiger partial charge in [-0.3, -0.25) is 9.59 Å². The minimum Gasteiger partial charge on any atom is -0.494 e. The van der Waals surface area contributed by atoms with E-state index in [4.69, 9.17) is 4.74 Å². The number of hydrogen-bond donors (Lipinski definition) is 2. The lowest BCUT2D eigenvalue weighted by Gasteiger charge is -2.06. The summed E-state index contributed by atoms with van der Waals surface area (Å²) < 4.78 is 5.32. The number of nitrogens with one attached hydrogen (secondary N) is 2. The summed E-state index contributed by atoms with van der Waals surface area (Å²) in [5.41, 5.74) is 0.612. The monoisotopic (exact) mass is 292 g/mol. The lowest BCUT2D eigenvalue weighted by Crippen LogP contribution is -2.26. The molecule has 5 nitrogen and oxygen atoms in total. The number of ketones is 1. The van der Waals surface area contributed by atoms with E-state index in [1.54, 1.807) is 24.3 Å². The first kappa shape index (κ1) is 17.2. The van der Waals surface area contributed by atoms with Crippen molar-refractivity contribution in [2.24, 2.45) is 0 Å². The molecule has 0 atom stereocenters. The van der Waals surface area contributed by atoms with Crippen molar-refractivity contribution < 1.29 is 14.3 Å². The number of Topliss-reactive ketones (excluding diaryl/α,β-unsaturated/α-hetero) is 1. The van der Waals surface area contributed by atoms with E-state index in [1.165, 1.54) is 0 Å². The fourth-order valence-corrected chi connectivity index (χ4v) is 1.86. The van der Waals surface area contributed by atoms with Crippen LogP contribution in [-0.4, -0.2) is 38.4 Å². The Morgan fingerprint density at radius 2 is 1.81 bits per heavy atom. The highest BCUT2D eigenvalue weighted by Gasteiger charge is 2.09. The summed E-state index contributed by atoms with van der Waals surface area (Å²) in [5, 5.41) is 5.81. The highest BCUT2D eigenvalue weighted by molar-refractivity contribution is 5.98. The molecule has 0 radical (unpaired) electrons. The Balaban J connectivity index is 2.31. The predicted octanol–water partition coefficient (Wildman–Crippen LogP) is 1.77. The molecule has 116 valence electrons. The zero-order valence-corrected chi connectivity index (χ0v) is 12.8. The minimum absolute atomic E-state index is 0.0246. The number of carbonyl (C=O) groups excluding carboxylic acids is 2. The smallest absolute Gasteiger partial charge is 0.220 e. The molecule has 0 fully saturated rings. The third-order valence-corrected chi connectivity index (χ3v) is 2.99. The molecule has 1 aromatic rings. The summed E-state index contributed by atoms with van der Waals surface area (Å²) in [6.07, 6.45) is 1.34. The van der Waals surface area contributed by atoms with Crippen molar-refractivity contribution in [3.05, 3.63) is 29.8 Å². The third-order valence-electron chi connectivity index (χ3n) is 2.99. The molecule has 0 aliphatic carbocycles. The zero-order valence-electron chi connectivity index (χ0n) is 12.8. The van der Waals surface area contributed by atoms with Crippen molar-refractivity contribution >= 4 is 11.7 Å². The molecular formula is C16H24N2O3. The van der Waals surface area contributed by atoms with Crippen LogP contribution >= 0.6 is 0 Å². The zero-order chi connectivity index (χ0) is 15.5. The van der Waals surface area contributed by atoms with E-state index in [9.17, 15) is 9.59 Å². The molecule has 0 aliphatic rings. The first-order valence-electron chi connectivity index (χ1n) is 7.34. The maximum absolute atomic E-state index is 12.0. The molecule has 1 rings (SSSR count). The quantitative estimate of drug-likeness (QED) is 0.509. The molecule has 0 aliphatic heterocycles. The Hall–Kier alpha value is -1.88. The number of amides is 1. The summed E-state index contributed by atoms with van der Waals surface area (Å²) in [6, 6.07) is 7.01. The first-order valence-corrected chi connectivity index (χ1v) is 7.34. The average molecular weight is 292 g/mol. The molecule has 0 unspecified atom stereocenters. The van der Waals surface area contributed by atoms with Gasteiger partial charge in [-0.25, -0.2) is 0 Å². The molecule has 0 saturated heterocycles. The second kappa shape index (κ2) is 9.94. The predicted molar refractivity (Wildman–Crippen MR) is 82.7 cm³/mol. The number of hydrogen-bond acceptors (Lipinski definition) is 4. The molecule has 2 N–H and O–H groups in total. The first-order chi connectivity index (χ1) is 10.2. The lowest BCUT2D eigenvalue weighted by atomic mass is 10.1. The number of benzene rings is 1. The molecule has 0 heterocycles. The van der Waals surface area contributed by atoms with Gasteiger partial charge in [-0.05, 0) is 51.2 Å². The van der Waals surface area contributed by atoms with E-state index in [2.05, 4.69) is 10.6 Å². The van der Waals surface area contributed by atoms with E-state index in [1.807, 2.05) is 14.0 Å². The Labute approximate surface area is 126 Å². The fourth-order valence-electron chi connectivity index (χ4n) is 1.86. The summed E-state index contributed by atoms with van der Waals surface area (Å²) in [4.78, 5) is 23.5. The second-order valence-electron chi connectivity index (χ2n) is 4.69. The summed E-state index contributed by atoms with van der Waals surface area (Å²) in [5.74, 6) is 0.644. The standard InChI is InChI=1S/C16H24N2O3/c1-3-21-14-7-5-13(6-8-14)15(19)9-10-16(20)18-12-4-11-17-2/h5-8,17H,3-4,9-12H2,1-2H3,(H,18,20). The maximum atomic E-state index is 12.0. The van der Waals surface area contributed by atoms with Crippen molar-refractivity contribution in [2.75, 3.05) is 26.7 Å². The van der Waals surface area contributed by atoms with E-state index >= 15 is 0 Å². The normalized spacial score (nSPS) is 10.2. The molecular weight excluding hydrogens is 268 g/mol. The highest BCUT2D eigenvalue weighted by Crippen LogP contribution is 2.13. The van der Waals surface area contributed by atoms with Gasteiger partial charge in [-0.15, -0.1) is 0 Å². The van der Waals surface area contributed by atoms with Crippen molar-refractivity contribution in [1.29, 1.82) is 0 Å². The SMILES string of the molecule is CCOc1ccc(C(=O)CCC(=O)NCCCNC)cc1. The largest absolute Gasteiger partial charge is 0.494 e. The summed E-state index contributed by atoms with van der Waals surface area (Å²) in [6.45, 7) is 4.01. The molecule has 0 spiro atoms. The van der Waals surface area contributed by atoms with Crippen molar-refractivity contribution in [2.45, 2.75) is 26.2 Å². The summed E-state index contributed by atoms with van der Waals surface area (Å²) >= 11 is 0. The van der Waals surface area contributed by atoms with Crippen LogP contribution in [0.5, 0.6) is 5.75 Å². The Kier molecular flexibility index (Phi) is 8.12. The van der Waals surface area contributed by atoms with Gasteiger partial charge in [0.2, 0.25) is 5.91 Å². The van der Waals surface area contributed by atoms with Crippen molar-refractivity contribution in [3.8, 4) is 5.75 Å². The van der Waals surface area contributed by atoms with Crippen LogP contribution in [0.15, 0.2) is 24.3 Å². The van der Waals surface area contributed by atoms with E-state index < -0.39 is 0 Å². The molecule has 21 heavy (non-hydrogen) atoms. The van der Waals surface area contributed by atoms with E-state index in [0.29, 0.717) is 18.7 Å². The second-order valence-corrected chi connectivity index (χ2v) is 4.69. The van der Waals surface area contributed by atoms with Gasteiger partial charge >= 0.3 is 0 Å². The van der Waals surface area contributed by atoms with Crippen LogP contribution in [0, 0.1) is 0 Å². The third kappa shape index (κ3) is 6.90. The van der Waals surface area contributed by atoms with Crippen LogP contribution < -0.4 is 15.4 Å². The molecule has 1 amide bonds. The van der Waals surface area contributed by atoms with Crippen molar-refractivity contribution in [1.82, 2.24) is 10.6 Å². The lowest BCUT2D eigenvalue weighted by molar-refractivity contribution is -0.121. The highest BCUT2D eigenvalue weighted by atomic mass is 16.5. The molecule has 1 aromatic carbocycles. The van der Waals surface area contributed by atoms with Crippen LogP contribution in [-0.2, 0) is 4.79 Å². The van der Waals surface area contributed by atoms with Gasteiger partial charge in [0, 0.05) is 24.9 Å². The molecule has 5 heteroatoms.